The number of benzene rings is 3. The number of hydrogen-bond donors (Lipinski definition) is 0. The largest absolute Gasteiger partial charge is 0.333 e. The van der Waals surface area contributed by atoms with Crippen molar-refractivity contribution < 1.29 is 0 Å². The normalized spacial score (nSPS) is 17.8. The maximum atomic E-state index is 2.49. The van der Waals surface area contributed by atoms with Crippen LogP contribution in [0, 0.1) is 0 Å². The highest BCUT2D eigenvalue weighted by atomic mass is 15.2. The van der Waals surface area contributed by atoms with E-state index in [1.807, 2.05) is 0 Å². The molecule has 2 aliphatic rings. The number of rotatable bonds is 2. The first-order valence-electron chi connectivity index (χ1n) is 8.83. The monoisotopic (exact) mass is 321 g/mol. The number of allylic oxidation sites excluding steroid dienone is 2. The standard InChI is InChI=1S/C24H19N/c1-2-8-18(9-3-1)19-14-16-20(17-15-19)25-23-12-6-4-10-21(23)22-11-5-7-13-24(22)25/h1-12,14-17,24H,13H2. The van der Waals surface area contributed by atoms with E-state index in [1.165, 1.54) is 33.6 Å². The zero-order valence-electron chi connectivity index (χ0n) is 14.0. The molecule has 1 aliphatic carbocycles. The van der Waals surface area contributed by atoms with E-state index in [9.17, 15) is 0 Å². The van der Waals surface area contributed by atoms with E-state index in [1.54, 1.807) is 0 Å². The van der Waals surface area contributed by atoms with Crippen LogP contribution in [-0.2, 0) is 0 Å². The van der Waals surface area contributed by atoms with Gasteiger partial charge in [-0.05, 0) is 41.3 Å². The van der Waals surface area contributed by atoms with E-state index in [-0.39, 0.29) is 0 Å². The molecule has 120 valence electrons. The second-order valence-corrected chi connectivity index (χ2v) is 6.60. The second kappa shape index (κ2) is 5.78. The topological polar surface area (TPSA) is 3.24 Å². The van der Waals surface area contributed by atoms with E-state index in [4.69, 9.17) is 0 Å². The third kappa shape index (κ3) is 2.32. The molecule has 1 unspecified atom stereocenters. The van der Waals surface area contributed by atoms with Crippen LogP contribution in [0.25, 0.3) is 16.7 Å². The molecule has 3 aromatic rings. The van der Waals surface area contributed by atoms with Crippen LogP contribution in [0.15, 0.2) is 97.1 Å². The molecule has 3 aromatic carbocycles. The quantitative estimate of drug-likeness (QED) is 0.542. The molecule has 0 fully saturated rings. The minimum atomic E-state index is 0.407. The van der Waals surface area contributed by atoms with E-state index in [0.29, 0.717) is 6.04 Å². The van der Waals surface area contributed by atoms with Crippen LogP contribution in [0.3, 0.4) is 0 Å². The van der Waals surface area contributed by atoms with Gasteiger partial charge in [0.1, 0.15) is 0 Å². The number of para-hydroxylation sites is 1. The van der Waals surface area contributed by atoms with Crippen molar-refractivity contribution in [3.8, 4) is 11.1 Å². The molecule has 1 heterocycles. The van der Waals surface area contributed by atoms with Crippen LogP contribution in [0.4, 0.5) is 11.4 Å². The lowest BCUT2D eigenvalue weighted by Gasteiger charge is -2.28. The average molecular weight is 321 g/mol. The minimum Gasteiger partial charge on any atom is -0.333 e. The van der Waals surface area contributed by atoms with Crippen LogP contribution in [0.2, 0.25) is 0 Å². The third-order valence-corrected chi connectivity index (χ3v) is 5.17. The maximum absolute atomic E-state index is 2.49. The Labute approximate surface area is 148 Å². The second-order valence-electron chi connectivity index (χ2n) is 6.60. The van der Waals surface area contributed by atoms with Crippen molar-refractivity contribution in [1.29, 1.82) is 0 Å². The zero-order valence-corrected chi connectivity index (χ0v) is 14.0. The van der Waals surface area contributed by atoms with Crippen molar-refractivity contribution in [2.45, 2.75) is 12.5 Å². The summed E-state index contributed by atoms with van der Waals surface area (Å²) in [4.78, 5) is 2.49. The molecule has 1 aliphatic heterocycles. The van der Waals surface area contributed by atoms with Gasteiger partial charge in [0.05, 0.1) is 6.04 Å². The summed E-state index contributed by atoms with van der Waals surface area (Å²) in [6, 6.07) is 28.7. The van der Waals surface area contributed by atoms with Gasteiger partial charge < -0.3 is 4.90 Å². The Morgan fingerprint density at radius 3 is 2.28 bits per heavy atom. The van der Waals surface area contributed by atoms with E-state index in [2.05, 4.69) is 102 Å². The van der Waals surface area contributed by atoms with Crippen molar-refractivity contribution in [3.05, 3.63) is 103 Å². The highest BCUT2D eigenvalue weighted by molar-refractivity contribution is 5.93. The molecule has 1 heteroatoms. The Morgan fingerprint density at radius 2 is 1.44 bits per heavy atom. The highest BCUT2D eigenvalue weighted by Gasteiger charge is 2.34. The summed E-state index contributed by atoms with van der Waals surface area (Å²) in [6.45, 7) is 0. The fourth-order valence-corrected chi connectivity index (χ4v) is 3.99. The van der Waals surface area contributed by atoms with Crippen molar-refractivity contribution in [2.24, 2.45) is 0 Å². The van der Waals surface area contributed by atoms with E-state index in [0.717, 1.165) is 6.42 Å². The summed E-state index contributed by atoms with van der Waals surface area (Å²) >= 11 is 0. The number of fused-ring (bicyclic) bond motifs is 3. The molecule has 0 bridgehead atoms. The van der Waals surface area contributed by atoms with Gasteiger partial charge in [-0.2, -0.15) is 0 Å². The lowest BCUT2D eigenvalue weighted by molar-refractivity contribution is 0.829. The summed E-state index contributed by atoms with van der Waals surface area (Å²) in [5, 5.41) is 0. The summed E-state index contributed by atoms with van der Waals surface area (Å²) in [5.41, 5.74) is 7.90. The van der Waals surface area contributed by atoms with Crippen LogP contribution in [0.1, 0.15) is 12.0 Å². The number of nitrogens with zero attached hydrogens (tertiary/aromatic N) is 1. The Kier molecular flexibility index (Phi) is 3.31. The van der Waals surface area contributed by atoms with Crippen molar-refractivity contribution >= 4 is 16.9 Å². The molecule has 0 amide bonds. The molecular formula is C24H19N. The Bertz CT molecular complexity index is 964. The van der Waals surface area contributed by atoms with Gasteiger partial charge in [0.15, 0.2) is 0 Å². The van der Waals surface area contributed by atoms with Crippen molar-refractivity contribution in [1.82, 2.24) is 0 Å². The number of anilines is 2. The Morgan fingerprint density at radius 1 is 0.720 bits per heavy atom. The summed E-state index contributed by atoms with van der Waals surface area (Å²) < 4.78 is 0. The molecule has 1 nitrogen and oxygen atoms in total. The smallest absolute Gasteiger partial charge is 0.0632 e. The molecule has 0 aromatic heterocycles. The Balaban J connectivity index is 1.57. The van der Waals surface area contributed by atoms with Gasteiger partial charge in [-0.3, -0.25) is 0 Å². The minimum absolute atomic E-state index is 0.407. The predicted octanol–water partition coefficient (Wildman–Crippen LogP) is 6.22. The lowest BCUT2D eigenvalue weighted by Crippen LogP contribution is -2.26. The fourth-order valence-electron chi connectivity index (χ4n) is 3.99. The first kappa shape index (κ1) is 14.3. The van der Waals surface area contributed by atoms with Crippen LogP contribution >= 0.6 is 0 Å². The number of hydrogen-bond acceptors (Lipinski definition) is 1. The molecule has 25 heavy (non-hydrogen) atoms. The van der Waals surface area contributed by atoms with Gasteiger partial charge in [-0.25, -0.2) is 0 Å². The third-order valence-electron chi connectivity index (χ3n) is 5.17. The van der Waals surface area contributed by atoms with Gasteiger partial charge in [0.2, 0.25) is 0 Å². The summed E-state index contributed by atoms with van der Waals surface area (Å²) in [5.74, 6) is 0. The van der Waals surface area contributed by atoms with Crippen LogP contribution < -0.4 is 4.90 Å². The average Bonchev–Trinajstić information content (AvgIpc) is 3.03. The SMILES string of the molecule is C1=CCC2C(=C1)c1ccccc1N2c1ccc(-c2ccccc2)cc1. The molecular weight excluding hydrogens is 302 g/mol. The highest BCUT2D eigenvalue weighted by Crippen LogP contribution is 2.47. The fraction of sp³-hybridized carbons (Fsp3) is 0.0833. The molecule has 0 saturated carbocycles. The van der Waals surface area contributed by atoms with Crippen LogP contribution in [-0.4, -0.2) is 6.04 Å². The first-order valence-corrected chi connectivity index (χ1v) is 8.83. The summed E-state index contributed by atoms with van der Waals surface area (Å²) in [6.07, 6.45) is 7.78. The van der Waals surface area contributed by atoms with Gasteiger partial charge in [0.25, 0.3) is 0 Å². The van der Waals surface area contributed by atoms with Gasteiger partial charge in [-0.15, -0.1) is 0 Å². The van der Waals surface area contributed by atoms with Gasteiger partial charge in [0, 0.05) is 16.9 Å². The maximum Gasteiger partial charge on any atom is 0.0632 e. The van der Waals surface area contributed by atoms with Crippen molar-refractivity contribution in [2.75, 3.05) is 4.90 Å². The van der Waals surface area contributed by atoms with Gasteiger partial charge >= 0.3 is 0 Å². The lowest BCUT2D eigenvalue weighted by atomic mass is 9.96. The Hall–Kier alpha value is -3.06. The molecule has 5 rings (SSSR count). The molecule has 0 radical (unpaired) electrons. The molecule has 1 atom stereocenters. The van der Waals surface area contributed by atoms with E-state index < -0.39 is 0 Å². The van der Waals surface area contributed by atoms with Gasteiger partial charge in [-0.1, -0.05) is 78.9 Å². The predicted molar refractivity (Wildman–Crippen MR) is 106 cm³/mol. The molecule has 0 spiro atoms. The molecule has 0 N–H and O–H groups in total. The van der Waals surface area contributed by atoms with Crippen LogP contribution in [0.5, 0.6) is 0 Å². The molecule has 0 saturated heterocycles. The first-order chi connectivity index (χ1) is 12.4. The van der Waals surface area contributed by atoms with Crippen molar-refractivity contribution in [3.63, 3.8) is 0 Å². The van der Waals surface area contributed by atoms with E-state index >= 15 is 0 Å². The summed E-state index contributed by atoms with van der Waals surface area (Å²) in [7, 11) is 0. The zero-order chi connectivity index (χ0) is 16.6.